The molecule has 10 aromatic carbocycles. The molecule has 11 rings (SSSR count). The van der Waals surface area contributed by atoms with E-state index in [1.54, 1.807) is 0 Å². The van der Waals surface area contributed by atoms with E-state index in [2.05, 4.69) is 205 Å². The van der Waals surface area contributed by atoms with E-state index >= 15 is 0 Å². The summed E-state index contributed by atoms with van der Waals surface area (Å²) in [4.78, 5) is 2.44. The lowest BCUT2D eigenvalue weighted by atomic mass is 9.87. The van der Waals surface area contributed by atoms with Gasteiger partial charge < -0.3 is 9.32 Å². The van der Waals surface area contributed by atoms with Crippen molar-refractivity contribution in [3.05, 3.63) is 212 Å². The summed E-state index contributed by atoms with van der Waals surface area (Å²) in [5, 5.41) is 9.56. The summed E-state index contributed by atoms with van der Waals surface area (Å²) in [6.07, 6.45) is 0. The molecule has 0 atom stereocenters. The minimum atomic E-state index is 0.889. The molecule has 0 saturated carbocycles. The van der Waals surface area contributed by atoms with Crippen molar-refractivity contribution in [2.75, 3.05) is 4.90 Å². The Kier molecular flexibility index (Phi) is 7.53. The molecule has 0 bridgehead atoms. The first kappa shape index (κ1) is 32.0. The highest BCUT2D eigenvalue weighted by molar-refractivity contribution is 6.17. The number of nitrogens with zero attached hydrogens (tertiary/aromatic N) is 1. The predicted molar refractivity (Wildman–Crippen MR) is 237 cm³/mol. The van der Waals surface area contributed by atoms with E-state index in [9.17, 15) is 0 Å². The van der Waals surface area contributed by atoms with E-state index in [0.29, 0.717) is 0 Å². The van der Waals surface area contributed by atoms with Gasteiger partial charge in [0.1, 0.15) is 11.2 Å². The Labute approximate surface area is 325 Å². The fraction of sp³-hybridized carbons (Fsp3) is 0. The average molecular weight is 714 g/mol. The Morgan fingerprint density at radius 3 is 1.77 bits per heavy atom. The minimum absolute atomic E-state index is 0.889. The second kappa shape index (κ2) is 13.2. The monoisotopic (exact) mass is 713 g/mol. The van der Waals surface area contributed by atoms with Crippen LogP contribution in [-0.4, -0.2) is 0 Å². The molecule has 11 aromatic rings. The van der Waals surface area contributed by atoms with Gasteiger partial charge >= 0.3 is 0 Å². The van der Waals surface area contributed by atoms with Gasteiger partial charge in [-0.2, -0.15) is 0 Å². The highest BCUT2D eigenvalue weighted by Crippen LogP contribution is 2.49. The Morgan fingerprint density at radius 2 is 0.929 bits per heavy atom. The van der Waals surface area contributed by atoms with E-state index in [4.69, 9.17) is 4.42 Å². The van der Waals surface area contributed by atoms with Crippen LogP contribution >= 0.6 is 0 Å². The van der Waals surface area contributed by atoms with E-state index in [0.717, 1.165) is 50.1 Å². The summed E-state index contributed by atoms with van der Waals surface area (Å²) >= 11 is 0. The van der Waals surface area contributed by atoms with E-state index < -0.39 is 0 Å². The normalized spacial score (nSPS) is 11.6. The van der Waals surface area contributed by atoms with Crippen molar-refractivity contribution in [2.45, 2.75) is 0 Å². The Balaban J connectivity index is 1.23. The zero-order chi connectivity index (χ0) is 37.0. The Bertz CT molecular complexity index is 3250. The van der Waals surface area contributed by atoms with Crippen LogP contribution in [0, 0.1) is 0 Å². The number of rotatable bonds is 6. The maximum Gasteiger partial charge on any atom is 0.135 e. The van der Waals surface area contributed by atoms with Crippen molar-refractivity contribution in [1.82, 2.24) is 0 Å². The first-order chi connectivity index (χ1) is 27.8. The molecule has 0 N–H and O–H groups in total. The van der Waals surface area contributed by atoms with Gasteiger partial charge in [-0.1, -0.05) is 158 Å². The van der Waals surface area contributed by atoms with Crippen molar-refractivity contribution in [2.24, 2.45) is 0 Å². The van der Waals surface area contributed by atoms with Crippen LogP contribution in [0.1, 0.15) is 0 Å². The SMILES string of the molecule is c1ccc(-c2ccc(N(c3ccc4ccccc4c3)c3cccc(-c4ccc5oc6ccccc6c5c4)c3-c3cc4ccccc4c4ccccc34)cc2)cc1. The number of hydrogen-bond acceptors (Lipinski definition) is 2. The zero-order valence-electron chi connectivity index (χ0n) is 30.6. The number of benzene rings is 10. The van der Waals surface area contributed by atoms with Crippen LogP contribution in [0.25, 0.3) is 87.6 Å². The molecule has 0 unspecified atom stereocenters. The lowest BCUT2D eigenvalue weighted by molar-refractivity contribution is 0.669. The van der Waals surface area contributed by atoms with Crippen LogP contribution in [0.2, 0.25) is 0 Å². The van der Waals surface area contributed by atoms with Gasteiger partial charge in [0.15, 0.2) is 0 Å². The molecular formula is C54H35NO. The fourth-order valence-corrected chi connectivity index (χ4v) is 8.58. The highest BCUT2D eigenvalue weighted by Gasteiger charge is 2.23. The van der Waals surface area contributed by atoms with Gasteiger partial charge in [-0.3, -0.25) is 0 Å². The Hall–Kier alpha value is -7.42. The van der Waals surface area contributed by atoms with Crippen LogP contribution in [-0.2, 0) is 0 Å². The van der Waals surface area contributed by atoms with Crippen LogP contribution in [0.5, 0.6) is 0 Å². The molecule has 262 valence electrons. The molecular weight excluding hydrogens is 679 g/mol. The number of furan rings is 1. The molecule has 0 saturated heterocycles. The molecule has 0 spiro atoms. The molecule has 0 aliphatic carbocycles. The quantitative estimate of drug-likeness (QED) is 0.160. The lowest BCUT2D eigenvalue weighted by Gasteiger charge is -2.30. The van der Waals surface area contributed by atoms with E-state index in [1.807, 2.05) is 12.1 Å². The van der Waals surface area contributed by atoms with Gasteiger partial charge in [-0.15, -0.1) is 0 Å². The Morgan fingerprint density at radius 1 is 0.304 bits per heavy atom. The maximum absolute atomic E-state index is 6.31. The highest BCUT2D eigenvalue weighted by atomic mass is 16.3. The fourth-order valence-electron chi connectivity index (χ4n) is 8.58. The van der Waals surface area contributed by atoms with Crippen molar-refractivity contribution < 1.29 is 4.42 Å². The molecule has 0 aliphatic rings. The number of hydrogen-bond donors (Lipinski definition) is 0. The minimum Gasteiger partial charge on any atom is -0.456 e. The smallest absolute Gasteiger partial charge is 0.135 e. The first-order valence-electron chi connectivity index (χ1n) is 19.2. The largest absolute Gasteiger partial charge is 0.456 e. The molecule has 0 aliphatic heterocycles. The molecule has 1 aromatic heterocycles. The summed E-state index contributed by atoms with van der Waals surface area (Å²) in [6.45, 7) is 0. The van der Waals surface area contributed by atoms with E-state index in [1.165, 1.54) is 54.6 Å². The van der Waals surface area contributed by atoms with Gasteiger partial charge in [-0.25, -0.2) is 0 Å². The van der Waals surface area contributed by atoms with Crippen LogP contribution in [0.15, 0.2) is 217 Å². The van der Waals surface area contributed by atoms with E-state index in [-0.39, 0.29) is 0 Å². The van der Waals surface area contributed by atoms with Gasteiger partial charge in [0, 0.05) is 27.7 Å². The molecule has 0 radical (unpaired) electrons. The van der Waals surface area contributed by atoms with Crippen molar-refractivity contribution in [1.29, 1.82) is 0 Å². The molecule has 0 amide bonds. The average Bonchev–Trinajstić information content (AvgIpc) is 3.65. The van der Waals surface area contributed by atoms with Crippen LogP contribution in [0.3, 0.4) is 0 Å². The number of fused-ring (bicyclic) bond motifs is 7. The van der Waals surface area contributed by atoms with Gasteiger partial charge in [0.2, 0.25) is 0 Å². The summed E-state index contributed by atoms with van der Waals surface area (Å²) in [5.74, 6) is 0. The summed E-state index contributed by atoms with van der Waals surface area (Å²) < 4.78 is 6.31. The molecule has 56 heavy (non-hydrogen) atoms. The van der Waals surface area contributed by atoms with Crippen molar-refractivity contribution in [3.8, 4) is 33.4 Å². The second-order valence-corrected chi connectivity index (χ2v) is 14.5. The second-order valence-electron chi connectivity index (χ2n) is 14.5. The predicted octanol–water partition coefficient (Wildman–Crippen LogP) is 15.5. The zero-order valence-corrected chi connectivity index (χ0v) is 30.6. The lowest BCUT2D eigenvalue weighted by Crippen LogP contribution is -2.12. The van der Waals surface area contributed by atoms with Gasteiger partial charge in [-0.05, 0) is 115 Å². The topological polar surface area (TPSA) is 16.4 Å². The molecule has 1 heterocycles. The van der Waals surface area contributed by atoms with Gasteiger partial charge in [0.05, 0.1) is 5.69 Å². The third-order valence-corrected chi connectivity index (χ3v) is 11.2. The third kappa shape index (κ3) is 5.34. The summed E-state index contributed by atoms with van der Waals surface area (Å²) in [7, 11) is 0. The van der Waals surface area contributed by atoms with Crippen LogP contribution in [0.4, 0.5) is 17.1 Å². The van der Waals surface area contributed by atoms with Crippen LogP contribution < -0.4 is 4.90 Å². The standard InChI is InChI=1S/C54H35NO/c1-2-13-36(14-3-1)38-25-29-42(30-26-38)55(43-31-27-37-15-4-5-16-39(37)33-43)51-23-12-22-45(41-28-32-53-49(34-41)48-21-10-11-24-52(48)56-53)54(51)50-35-40-17-6-7-18-44(40)46-19-8-9-20-47(46)50/h1-35H. The molecule has 2 nitrogen and oxygen atoms in total. The number of anilines is 3. The molecule has 0 fully saturated rings. The first-order valence-corrected chi connectivity index (χ1v) is 19.2. The van der Waals surface area contributed by atoms with Crippen molar-refractivity contribution >= 4 is 71.3 Å². The summed E-state index contributed by atoms with van der Waals surface area (Å²) in [6, 6.07) is 76.8. The molecule has 2 heteroatoms. The third-order valence-electron chi connectivity index (χ3n) is 11.2. The van der Waals surface area contributed by atoms with Crippen molar-refractivity contribution in [3.63, 3.8) is 0 Å². The maximum atomic E-state index is 6.31. The summed E-state index contributed by atoms with van der Waals surface area (Å²) in [5.41, 5.74) is 12.1. The van der Waals surface area contributed by atoms with Gasteiger partial charge in [0.25, 0.3) is 0 Å². The number of para-hydroxylation sites is 1.